The highest BCUT2D eigenvalue weighted by Gasteiger charge is 2.25. The average Bonchev–Trinajstić information content (AvgIpc) is 2.95. The molecule has 0 bridgehead atoms. The number of aromatic nitrogens is 1. The predicted molar refractivity (Wildman–Crippen MR) is 89.9 cm³/mol. The predicted octanol–water partition coefficient (Wildman–Crippen LogP) is 0.663. The van der Waals surface area contributed by atoms with Gasteiger partial charge in [-0.2, -0.15) is 0 Å². The van der Waals surface area contributed by atoms with Crippen molar-refractivity contribution in [2.24, 2.45) is 0 Å². The van der Waals surface area contributed by atoms with Gasteiger partial charge in [-0.1, -0.05) is 0 Å². The molecule has 8 nitrogen and oxygen atoms in total. The normalized spacial score (nSPS) is 15.8. The molecular formula is C16H14N4O4S. The summed E-state index contributed by atoms with van der Waals surface area (Å²) in [4.78, 5) is 27.3. The number of hydrogen-bond donors (Lipinski definition) is 3. The Labute approximate surface area is 143 Å². The van der Waals surface area contributed by atoms with Gasteiger partial charge in [0.2, 0.25) is 5.91 Å². The summed E-state index contributed by atoms with van der Waals surface area (Å²) in [6.07, 6.45) is 3.49. The Morgan fingerprint density at radius 3 is 2.84 bits per heavy atom. The van der Waals surface area contributed by atoms with Crippen molar-refractivity contribution in [1.82, 2.24) is 10.3 Å². The van der Waals surface area contributed by atoms with Crippen LogP contribution >= 0.6 is 0 Å². The SMILES string of the molecule is O=C1Cc2cc(S(=O)(=O)Nc3cncc4c3CCNC4=O)ccc2N1. The van der Waals surface area contributed by atoms with E-state index in [-0.39, 0.29) is 23.1 Å². The highest BCUT2D eigenvalue weighted by atomic mass is 32.2. The minimum absolute atomic E-state index is 0.0561. The maximum Gasteiger partial charge on any atom is 0.261 e. The Balaban J connectivity index is 1.69. The maximum absolute atomic E-state index is 12.7. The number of nitrogens with zero attached hydrogens (tertiary/aromatic N) is 1. The van der Waals surface area contributed by atoms with E-state index in [4.69, 9.17) is 0 Å². The summed E-state index contributed by atoms with van der Waals surface area (Å²) in [6.45, 7) is 0.442. The van der Waals surface area contributed by atoms with Crippen molar-refractivity contribution in [1.29, 1.82) is 0 Å². The molecule has 25 heavy (non-hydrogen) atoms. The molecule has 2 amide bonds. The molecule has 2 aromatic rings. The van der Waals surface area contributed by atoms with E-state index >= 15 is 0 Å². The molecule has 0 spiro atoms. The lowest BCUT2D eigenvalue weighted by Gasteiger charge is -2.19. The van der Waals surface area contributed by atoms with Crippen LogP contribution in [0, 0.1) is 0 Å². The molecular weight excluding hydrogens is 344 g/mol. The molecule has 2 aliphatic heterocycles. The first-order chi connectivity index (χ1) is 11.9. The number of amides is 2. The van der Waals surface area contributed by atoms with Crippen LogP contribution < -0.4 is 15.4 Å². The van der Waals surface area contributed by atoms with Crippen molar-refractivity contribution < 1.29 is 18.0 Å². The second-order valence-electron chi connectivity index (χ2n) is 5.87. The summed E-state index contributed by atoms with van der Waals surface area (Å²) in [6, 6.07) is 4.48. The third-order valence-corrected chi connectivity index (χ3v) is 5.58. The second-order valence-corrected chi connectivity index (χ2v) is 7.55. The maximum atomic E-state index is 12.7. The number of rotatable bonds is 3. The van der Waals surface area contributed by atoms with Crippen molar-refractivity contribution in [2.45, 2.75) is 17.7 Å². The Hall–Kier alpha value is -2.94. The van der Waals surface area contributed by atoms with Gasteiger partial charge in [0.25, 0.3) is 15.9 Å². The molecule has 0 fully saturated rings. The quantitative estimate of drug-likeness (QED) is 0.745. The average molecular weight is 358 g/mol. The van der Waals surface area contributed by atoms with Crippen LogP contribution in [-0.2, 0) is 27.7 Å². The zero-order chi connectivity index (χ0) is 17.6. The molecule has 0 unspecified atom stereocenters. The highest BCUT2D eigenvalue weighted by Crippen LogP contribution is 2.28. The van der Waals surface area contributed by atoms with Gasteiger partial charge in [0.15, 0.2) is 0 Å². The van der Waals surface area contributed by atoms with Gasteiger partial charge in [0, 0.05) is 18.4 Å². The van der Waals surface area contributed by atoms with Crippen molar-refractivity contribution in [3.05, 3.63) is 47.3 Å². The van der Waals surface area contributed by atoms with E-state index in [2.05, 4.69) is 20.3 Å². The highest BCUT2D eigenvalue weighted by molar-refractivity contribution is 7.92. The van der Waals surface area contributed by atoms with Crippen LogP contribution in [0.5, 0.6) is 0 Å². The van der Waals surface area contributed by atoms with Crippen LogP contribution in [0.4, 0.5) is 11.4 Å². The summed E-state index contributed by atoms with van der Waals surface area (Å²) in [5.41, 5.74) is 2.55. The molecule has 9 heteroatoms. The molecule has 3 N–H and O–H groups in total. The number of nitrogens with one attached hydrogen (secondary N) is 3. The minimum Gasteiger partial charge on any atom is -0.352 e. The lowest BCUT2D eigenvalue weighted by molar-refractivity contribution is -0.115. The first kappa shape index (κ1) is 15.6. The zero-order valence-electron chi connectivity index (χ0n) is 13.0. The molecule has 3 heterocycles. The fraction of sp³-hybridized carbons (Fsp3) is 0.188. The number of sulfonamides is 1. The van der Waals surface area contributed by atoms with Crippen LogP contribution in [0.25, 0.3) is 0 Å². The first-order valence-electron chi connectivity index (χ1n) is 7.65. The van der Waals surface area contributed by atoms with Gasteiger partial charge in [-0.3, -0.25) is 19.3 Å². The zero-order valence-corrected chi connectivity index (χ0v) is 13.8. The number of carbonyl (C=O) groups is 2. The lowest BCUT2D eigenvalue weighted by Crippen LogP contribution is -2.32. The third-order valence-electron chi connectivity index (χ3n) is 4.22. The summed E-state index contributed by atoms with van der Waals surface area (Å²) in [7, 11) is -3.86. The fourth-order valence-corrected chi connectivity index (χ4v) is 4.14. The molecule has 2 aliphatic rings. The number of hydrogen-bond acceptors (Lipinski definition) is 5. The molecule has 1 aromatic heterocycles. The van der Waals surface area contributed by atoms with E-state index in [1.165, 1.54) is 24.5 Å². The third kappa shape index (κ3) is 2.72. The van der Waals surface area contributed by atoms with Gasteiger partial charge in [-0.15, -0.1) is 0 Å². The van der Waals surface area contributed by atoms with Crippen LogP contribution in [0.15, 0.2) is 35.5 Å². The number of fused-ring (bicyclic) bond motifs is 2. The Morgan fingerprint density at radius 2 is 2.00 bits per heavy atom. The van der Waals surface area contributed by atoms with Crippen LogP contribution in [-0.4, -0.2) is 31.8 Å². The number of benzene rings is 1. The Bertz CT molecular complexity index is 1020. The molecule has 1 aromatic carbocycles. The summed E-state index contributed by atoms with van der Waals surface area (Å²) >= 11 is 0. The van der Waals surface area contributed by atoms with E-state index in [9.17, 15) is 18.0 Å². The summed E-state index contributed by atoms with van der Waals surface area (Å²) in [5.74, 6) is -0.429. The molecule has 0 atom stereocenters. The Kier molecular flexibility index (Phi) is 3.46. The number of carbonyl (C=O) groups excluding carboxylic acids is 2. The standard InChI is InChI=1S/C16H14N4O4S/c21-15-6-9-5-10(1-2-13(9)19-15)25(23,24)20-14-8-17-7-12-11(14)3-4-18-16(12)22/h1-2,5,7-8,20H,3-4,6H2,(H,18,22)(H,19,21). The molecule has 0 saturated carbocycles. The van der Waals surface area contributed by atoms with Gasteiger partial charge in [-0.25, -0.2) is 8.42 Å². The minimum atomic E-state index is -3.86. The van der Waals surface area contributed by atoms with E-state index in [0.29, 0.717) is 41.0 Å². The second kappa shape index (κ2) is 5.55. The largest absolute Gasteiger partial charge is 0.352 e. The van der Waals surface area contributed by atoms with Crippen LogP contribution in [0.1, 0.15) is 21.5 Å². The van der Waals surface area contributed by atoms with Crippen molar-refractivity contribution in [3.63, 3.8) is 0 Å². The van der Waals surface area contributed by atoms with Gasteiger partial charge in [0.05, 0.1) is 28.8 Å². The van der Waals surface area contributed by atoms with Gasteiger partial charge >= 0.3 is 0 Å². The fourth-order valence-electron chi connectivity index (χ4n) is 3.01. The van der Waals surface area contributed by atoms with E-state index in [1.54, 1.807) is 6.07 Å². The van der Waals surface area contributed by atoms with Gasteiger partial charge < -0.3 is 10.6 Å². The van der Waals surface area contributed by atoms with E-state index in [0.717, 1.165) is 0 Å². The number of pyridine rings is 1. The smallest absolute Gasteiger partial charge is 0.261 e. The van der Waals surface area contributed by atoms with Gasteiger partial charge in [-0.05, 0) is 35.7 Å². The topological polar surface area (TPSA) is 117 Å². The monoisotopic (exact) mass is 358 g/mol. The molecule has 128 valence electrons. The Morgan fingerprint density at radius 1 is 1.16 bits per heavy atom. The van der Waals surface area contributed by atoms with E-state index < -0.39 is 10.0 Å². The molecule has 0 radical (unpaired) electrons. The van der Waals surface area contributed by atoms with Crippen LogP contribution in [0.2, 0.25) is 0 Å². The van der Waals surface area contributed by atoms with E-state index in [1.807, 2.05) is 0 Å². The molecule has 0 saturated heterocycles. The van der Waals surface area contributed by atoms with Gasteiger partial charge in [0.1, 0.15) is 0 Å². The van der Waals surface area contributed by atoms with Crippen molar-refractivity contribution >= 4 is 33.2 Å². The lowest BCUT2D eigenvalue weighted by atomic mass is 10.0. The molecule has 0 aliphatic carbocycles. The number of anilines is 2. The van der Waals surface area contributed by atoms with Crippen molar-refractivity contribution in [2.75, 3.05) is 16.6 Å². The first-order valence-corrected chi connectivity index (χ1v) is 9.13. The summed E-state index contributed by atoms with van der Waals surface area (Å²) in [5, 5.41) is 5.36. The molecule has 4 rings (SSSR count). The summed E-state index contributed by atoms with van der Waals surface area (Å²) < 4.78 is 27.9. The van der Waals surface area contributed by atoms with Crippen molar-refractivity contribution in [3.8, 4) is 0 Å². The van der Waals surface area contributed by atoms with Crippen LogP contribution in [0.3, 0.4) is 0 Å².